The molecule has 0 saturated heterocycles. The predicted molar refractivity (Wildman–Crippen MR) is 273 cm³/mol. The van der Waals surface area contributed by atoms with Gasteiger partial charge in [0.15, 0.2) is 0 Å². The Hall–Kier alpha value is -6.82. The Labute approximate surface area is 372 Å². The highest BCUT2D eigenvalue weighted by atomic mass is 32.1. The van der Waals surface area contributed by atoms with Crippen molar-refractivity contribution >= 4 is 105 Å². The third kappa shape index (κ3) is 5.14. The topological polar surface area (TPSA) is 13.1 Å². The van der Waals surface area contributed by atoms with Crippen LogP contribution >= 0.6 is 11.3 Å². The first-order chi connectivity index (χ1) is 30.5. The fourth-order valence-corrected chi connectivity index (χ4v) is 12.3. The highest BCUT2D eigenvalue weighted by Gasteiger charge is 2.46. The highest BCUT2D eigenvalue weighted by molar-refractivity contribution is 7.34. The van der Waals surface area contributed by atoms with E-state index < -0.39 is 0 Å². The Morgan fingerprint density at radius 2 is 1.00 bits per heavy atom. The number of thiophene rings is 1. The molecule has 0 radical (unpaired) electrons. The highest BCUT2D eigenvalue weighted by Crippen LogP contribution is 2.49. The molecule has 8 aromatic carbocycles. The van der Waals surface area contributed by atoms with Crippen LogP contribution in [0.5, 0.6) is 0 Å². The maximum Gasteiger partial charge on any atom is 0.267 e. The summed E-state index contributed by atoms with van der Waals surface area (Å²) in [6.07, 6.45) is 0. The molecular formula is C58H46BN3S. The summed E-state index contributed by atoms with van der Waals surface area (Å²) in [5, 5.41) is 6.48. The average Bonchev–Trinajstić information content (AvgIpc) is 3.96. The molecule has 0 atom stereocenters. The van der Waals surface area contributed by atoms with E-state index in [9.17, 15) is 0 Å². The summed E-state index contributed by atoms with van der Waals surface area (Å²) >= 11 is 1.99. The number of para-hydroxylation sites is 3. The van der Waals surface area contributed by atoms with Crippen molar-refractivity contribution in [1.82, 2.24) is 9.13 Å². The zero-order chi connectivity index (χ0) is 42.5. The maximum absolute atomic E-state index is 2.63. The quantitative estimate of drug-likeness (QED) is 0.162. The van der Waals surface area contributed by atoms with Crippen molar-refractivity contribution in [3.63, 3.8) is 0 Å². The van der Waals surface area contributed by atoms with E-state index in [4.69, 9.17) is 0 Å². The number of aromatic nitrogens is 2. The first-order valence-corrected chi connectivity index (χ1v) is 23.1. The van der Waals surface area contributed by atoms with Gasteiger partial charge in [0.05, 0.1) is 27.8 Å². The molecule has 0 N–H and O–H groups in total. The Kier molecular flexibility index (Phi) is 7.52. The summed E-state index contributed by atoms with van der Waals surface area (Å²) < 4.78 is 7.91. The molecule has 0 amide bonds. The van der Waals surface area contributed by atoms with Gasteiger partial charge in [0.25, 0.3) is 6.71 Å². The lowest BCUT2D eigenvalue weighted by Crippen LogP contribution is -2.60. The van der Waals surface area contributed by atoms with Crippen molar-refractivity contribution in [2.24, 2.45) is 0 Å². The van der Waals surface area contributed by atoms with Crippen LogP contribution in [0.1, 0.15) is 52.7 Å². The first-order valence-electron chi connectivity index (χ1n) is 22.3. The van der Waals surface area contributed by atoms with Gasteiger partial charge in [-0.25, -0.2) is 0 Å². The molecule has 0 saturated carbocycles. The van der Waals surface area contributed by atoms with E-state index in [1.807, 2.05) is 11.3 Å². The lowest BCUT2D eigenvalue weighted by atomic mass is 9.36. The van der Waals surface area contributed by atoms with E-state index >= 15 is 0 Å². The second kappa shape index (κ2) is 12.9. The lowest BCUT2D eigenvalue weighted by molar-refractivity contribution is 0.590. The standard InChI is InChI=1S/C58H46BN3S/c1-57(2,3)37-25-28-40(29-26-37)61-48-31-36(35-17-9-7-10-18-35)32-49-51(48)59(56-55(61)45-33-38(58(4,5)6)27-30-50(45)63-56)52-53-43(34-44-42-22-14-16-24-47(42)62(49)54(44)52)41-21-13-15-23-46(41)60(53)39-19-11-8-12-20-39/h7-34H,1-6H3. The maximum atomic E-state index is 2.63. The SMILES string of the molecule is CC(C)(C)c1ccc(N2c3cc(-c4ccccc4)cc4c3B(c3sc5ccc(C(C)(C)C)cc5c32)c2c3c(cc5c6ccccc6n-4c25)c2ccccc2n3-c2ccccc2)cc1. The fraction of sp³-hybridized carbons (Fsp3) is 0.138. The predicted octanol–water partition coefficient (Wildman–Crippen LogP) is 14.0. The van der Waals surface area contributed by atoms with Crippen molar-refractivity contribution in [2.45, 2.75) is 52.4 Å². The molecule has 5 heteroatoms. The van der Waals surface area contributed by atoms with E-state index in [0.717, 1.165) is 0 Å². The molecule has 302 valence electrons. The monoisotopic (exact) mass is 827 g/mol. The van der Waals surface area contributed by atoms with E-state index in [0.29, 0.717) is 0 Å². The molecule has 0 aliphatic carbocycles. The number of rotatable bonds is 3. The molecule has 0 unspecified atom stereocenters. The van der Waals surface area contributed by atoms with Crippen LogP contribution in [-0.2, 0) is 10.8 Å². The number of anilines is 3. The third-order valence-electron chi connectivity index (χ3n) is 14.0. The van der Waals surface area contributed by atoms with Gasteiger partial charge in [-0.15, -0.1) is 11.3 Å². The fourth-order valence-electron chi connectivity index (χ4n) is 11.0. The van der Waals surface area contributed by atoms with Crippen LogP contribution in [0.3, 0.4) is 0 Å². The van der Waals surface area contributed by atoms with E-state index in [-0.39, 0.29) is 17.5 Å². The molecule has 0 fully saturated rings. The van der Waals surface area contributed by atoms with Crippen LogP contribution in [0.2, 0.25) is 0 Å². The molecule has 3 nitrogen and oxygen atoms in total. The number of benzene rings is 8. The summed E-state index contributed by atoms with van der Waals surface area (Å²) in [5.41, 5.74) is 19.1. The smallest absolute Gasteiger partial charge is 0.267 e. The van der Waals surface area contributed by atoms with Gasteiger partial charge in [-0.2, -0.15) is 0 Å². The van der Waals surface area contributed by atoms with Crippen molar-refractivity contribution < 1.29 is 0 Å². The normalized spacial score (nSPS) is 13.5. The number of fused-ring (bicyclic) bond motifs is 13. The Bertz CT molecular complexity index is 3690. The van der Waals surface area contributed by atoms with Crippen molar-refractivity contribution in [1.29, 1.82) is 0 Å². The Morgan fingerprint density at radius 1 is 0.429 bits per heavy atom. The minimum atomic E-state index is -0.0369. The Balaban J connectivity index is 1.27. The summed E-state index contributed by atoms with van der Waals surface area (Å²) in [6.45, 7) is 13.9. The lowest BCUT2D eigenvalue weighted by Gasteiger charge is -2.40. The largest absolute Gasteiger partial charge is 0.310 e. The molecule has 11 aromatic rings. The molecule has 63 heavy (non-hydrogen) atoms. The van der Waals surface area contributed by atoms with Crippen LogP contribution in [0.4, 0.5) is 17.1 Å². The van der Waals surface area contributed by atoms with Gasteiger partial charge in [0.1, 0.15) is 0 Å². The summed E-state index contributed by atoms with van der Waals surface area (Å²) in [7, 11) is 0. The summed E-state index contributed by atoms with van der Waals surface area (Å²) in [5.74, 6) is 0. The van der Waals surface area contributed by atoms with Gasteiger partial charge < -0.3 is 14.0 Å². The van der Waals surface area contributed by atoms with Crippen molar-refractivity contribution in [3.05, 3.63) is 181 Å². The second-order valence-electron chi connectivity index (χ2n) is 19.8. The molecule has 3 aromatic heterocycles. The third-order valence-corrected chi connectivity index (χ3v) is 15.2. The van der Waals surface area contributed by atoms with E-state index in [2.05, 4.69) is 225 Å². The molecule has 0 bridgehead atoms. The first kappa shape index (κ1) is 36.8. The Morgan fingerprint density at radius 3 is 1.67 bits per heavy atom. The van der Waals surface area contributed by atoms with Gasteiger partial charge in [0, 0.05) is 59.2 Å². The van der Waals surface area contributed by atoms with Crippen LogP contribution in [-0.4, -0.2) is 15.8 Å². The van der Waals surface area contributed by atoms with Gasteiger partial charge in [-0.05, 0) is 111 Å². The minimum Gasteiger partial charge on any atom is -0.310 e. The molecular weight excluding hydrogens is 782 g/mol. The van der Waals surface area contributed by atoms with Crippen LogP contribution in [0.25, 0.3) is 76.2 Å². The molecule has 5 heterocycles. The zero-order valence-corrected chi connectivity index (χ0v) is 37.3. The molecule has 13 rings (SSSR count). The van der Waals surface area contributed by atoms with Crippen LogP contribution < -0.4 is 20.6 Å². The molecule has 2 aliphatic heterocycles. The number of hydrogen-bond acceptors (Lipinski definition) is 2. The minimum absolute atomic E-state index is 0.0113. The van der Waals surface area contributed by atoms with Crippen molar-refractivity contribution in [2.75, 3.05) is 4.90 Å². The van der Waals surface area contributed by atoms with Crippen molar-refractivity contribution in [3.8, 4) is 22.5 Å². The second-order valence-corrected chi connectivity index (χ2v) is 20.8. The van der Waals surface area contributed by atoms with Crippen LogP contribution in [0, 0.1) is 0 Å². The summed E-state index contributed by atoms with van der Waals surface area (Å²) in [6, 6.07) is 64.4. The number of hydrogen-bond donors (Lipinski definition) is 0. The summed E-state index contributed by atoms with van der Waals surface area (Å²) in [4.78, 5) is 2.63. The van der Waals surface area contributed by atoms with Gasteiger partial charge in [0.2, 0.25) is 0 Å². The molecule has 0 spiro atoms. The molecule has 2 aliphatic rings. The zero-order valence-electron chi connectivity index (χ0n) is 36.5. The van der Waals surface area contributed by atoms with Crippen LogP contribution in [0.15, 0.2) is 170 Å². The number of nitrogens with zero attached hydrogens (tertiary/aromatic N) is 3. The van der Waals surface area contributed by atoms with Gasteiger partial charge in [-0.3, -0.25) is 0 Å². The van der Waals surface area contributed by atoms with Gasteiger partial charge >= 0.3 is 0 Å². The average molecular weight is 828 g/mol. The van der Waals surface area contributed by atoms with E-state index in [1.54, 1.807) is 0 Å². The van der Waals surface area contributed by atoms with Gasteiger partial charge in [-0.1, -0.05) is 145 Å². The van der Waals surface area contributed by atoms with E-state index in [1.165, 1.54) is 120 Å².